The zero-order valence-corrected chi connectivity index (χ0v) is 23.2. The van der Waals surface area contributed by atoms with E-state index in [0.717, 1.165) is 12.0 Å². The third-order valence-electron chi connectivity index (χ3n) is 4.91. The molecule has 1 aromatic carbocycles. The highest BCUT2D eigenvalue weighted by Gasteiger charge is 2.04. The van der Waals surface area contributed by atoms with E-state index >= 15 is 0 Å². The maximum absolute atomic E-state index is 12.0. The number of carbonyl (C=O) groups is 2. The minimum Gasteiger partial charge on any atom is -0.394 e. The van der Waals surface area contributed by atoms with Gasteiger partial charge in [-0.15, -0.1) is 0 Å². The van der Waals surface area contributed by atoms with E-state index < -0.39 is 0 Å². The number of amides is 2. The van der Waals surface area contributed by atoms with Gasteiger partial charge in [-0.1, -0.05) is 17.7 Å². The molecule has 3 N–H and O–H groups in total. The SMILES string of the molecule is Cc1cccc(C(=O)NCCOCCOCCOCCOCC(=O)NCCOCCOCCCOCCO)c1. The fourth-order valence-corrected chi connectivity index (χ4v) is 3.01. The van der Waals surface area contributed by atoms with Gasteiger partial charge in [-0.25, -0.2) is 0 Å². The molecule has 0 saturated carbocycles. The molecule has 2 amide bonds. The van der Waals surface area contributed by atoms with Crippen LogP contribution in [0.1, 0.15) is 22.3 Å². The molecule has 1 rings (SSSR count). The number of hydrogen-bond acceptors (Lipinski definition) is 10. The van der Waals surface area contributed by atoms with Crippen LogP contribution in [0.4, 0.5) is 0 Å². The second-order valence-corrected chi connectivity index (χ2v) is 8.28. The number of carbonyl (C=O) groups excluding carboxylic acids is 2. The lowest BCUT2D eigenvalue weighted by atomic mass is 10.1. The molecule has 0 aliphatic heterocycles. The Kier molecular flexibility index (Phi) is 23.3. The van der Waals surface area contributed by atoms with E-state index in [0.29, 0.717) is 105 Å². The van der Waals surface area contributed by atoms with E-state index in [1.165, 1.54) is 0 Å². The van der Waals surface area contributed by atoms with Crippen molar-refractivity contribution in [1.29, 1.82) is 0 Å². The first kappa shape index (κ1) is 34.9. The predicted molar refractivity (Wildman–Crippen MR) is 144 cm³/mol. The average molecular weight is 559 g/mol. The van der Waals surface area contributed by atoms with Crippen molar-refractivity contribution in [1.82, 2.24) is 10.6 Å². The highest BCUT2D eigenvalue weighted by molar-refractivity contribution is 5.94. The van der Waals surface area contributed by atoms with E-state index in [-0.39, 0.29) is 25.0 Å². The van der Waals surface area contributed by atoms with Gasteiger partial charge >= 0.3 is 0 Å². The highest BCUT2D eigenvalue weighted by Crippen LogP contribution is 2.03. The monoisotopic (exact) mass is 558 g/mol. The summed E-state index contributed by atoms with van der Waals surface area (Å²) in [6.45, 7) is 8.38. The maximum atomic E-state index is 12.0. The molecule has 0 spiro atoms. The Hall–Kier alpha value is -2.16. The van der Waals surface area contributed by atoms with Crippen molar-refractivity contribution in [2.75, 3.05) is 112 Å². The van der Waals surface area contributed by atoms with Gasteiger partial charge in [0.05, 0.1) is 79.3 Å². The van der Waals surface area contributed by atoms with Gasteiger partial charge in [0.1, 0.15) is 6.61 Å². The molecule has 0 saturated heterocycles. The van der Waals surface area contributed by atoms with E-state index in [4.69, 9.17) is 38.3 Å². The van der Waals surface area contributed by atoms with Crippen molar-refractivity contribution in [2.45, 2.75) is 13.3 Å². The van der Waals surface area contributed by atoms with E-state index in [9.17, 15) is 9.59 Å². The van der Waals surface area contributed by atoms with Crippen LogP contribution in [0.15, 0.2) is 24.3 Å². The fraction of sp³-hybridized carbons (Fsp3) is 0.704. The lowest BCUT2D eigenvalue weighted by Gasteiger charge is -2.09. The fourth-order valence-electron chi connectivity index (χ4n) is 3.01. The smallest absolute Gasteiger partial charge is 0.251 e. The highest BCUT2D eigenvalue weighted by atomic mass is 16.6. The van der Waals surface area contributed by atoms with Gasteiger partial charge in [0.2, 0.25) is 5.91 Å². The molecule has 0 unspecified atom stereocenters. The van der Waals surface area contributed by atoms with Crippen molar-refractivity contribution >= 4 is 11.8 Å². The number of aliphatic hydroxyl groups excluding tert-OH is 1. The van der Waals surface area contributed by atoms with Crippen LogP contribution >= 0.6 is 0 Å². The summed E-state index contributed by atoms with van der Waals surface area (Å²) in [5.41, 5.74) is 1.68. The zero-order chi connectivity index (χ0) is 28.2. The summed E-state index contributed by atoms with van der Waals surface area (Å²) in [5.74, 6) is -0.326. The minimum absolute atomic E-state index is 0.0297. The van der Waals surface area contributed by atoms with Crippen molar-refractivity contribution < 1.29 is 47.9 Å². The van der Waals surface area contributed by atoms with Crippen molar-refractivity contribution in [3.05, 3.63) is 35.4 Å². The average Bonchev–Trinajstić information content (AvgIpc) is 2.93. The van der Waals surface area contributed by atoms with Crippen molar-refractivity contribution in [3.63, 3.8) is 0 Å². The molecule has 0 bridgehead atoms. The summed E-state index contributed by atoms with van der Waals surface area (Å²) in [7, 11) is 0. The van der Waals surface area contributed by atoms with Crippen LogP contribution in [0.3, 0.4) is 0 Å². The predicted octanol–water partition coefficient (Wildman–Crippen LogP) is 0.340. The molecule has 1 aromatic rings. The van der Waals surface area contributed by atoms with Gasteiger partial charge in [0.15, 0.2) is 0 Å². The lowest BCUT2D eigenvalue weighted by molar-refractivity contribution is -0.126. The Morgan fingerprint density at radius 2 is 1.18 bits per heavy atom. The summed E-state index contributed by atoms with van der Waals surface area (Å²) in [4.78, 5) is 23.7. The first-order valence-electron chi connectivity index (χ1n) is 13.4. The molecular formula is C27H46N2O10. The quantitative estimate of drug-likeness (QED) is 0.129. The second kappa shape index (κ2) is 26.1. The summed E-state index contributed by atoms with van der Waals surface area (Å²) < 4.78 is 37.4. The molecule has 39 heavy (non-hydrogen) atoms. The van der Waals surface area contributed by atoms with Crippen LogP contribution in [0.5, 0.6) is 0 Å². The standard InChI is InChI=1S/C27H46N2O10/c1-24-4-2-5-25(22-24)27(32)29-7-12-36-16-17-37-18-19-38-20-21-39-23-26(31)28-6-11-35-15-14-34-10-3-9-33-13-8-30/h2,4-5,22,30H,3,6-21,23H2,1H3,(H,28,31)(H,29,32). The van der Waals surface area contributed by atoms with Crippen LogP contribution in [0.2, 0.25) is 0 Å². The molecule has 0 heterocycles. The Bertz CT molecular complexity index is 738. The van der Waals surface area contributed by atoms with Crippen molar-refractivity contribution in [3.8, 4) is 0 Å². The maximum Gasteiger partial charge on any atom is 0.251 e. The lowest BCUT2D eigenvalue weighted by Crippen LogP contribution is -2.31. The van der Waals surface area contributed by atoms with Crippen LogP contribution in [0.25, 0.3) is 0 Å². The van der Waals surface area contributed by atoms with E-state index in [2.05, 4.69) is 10.6 Å². The first-order chi connectivity index (χ1) is 19.1. The Balaban J connectivity index is 1.75. The summed E-state index contributed by atoms with van der Waals surface area (Å²) in [6.07, 6.45) is 0.768. The molecule has 0 aromatic heterocycles. The molecule has 0 fully saturated rings. The molecule has 0 aliphatic carbocycles. The third kappa shape index (κ3) is 22.4. The number of ether oxygens (including phenoxy) is 7. The summed E-state index contributed by atoms with van der Waals surface area (Å²) in [6, 6.07) is 7.43. The molecule has 12 nitrogen and oxygen atoms in total. The molecule has 12 heteroatoms. The van der Waals surface area contributed by atoms with E-state index in [1.807, 2.05) is 25.1 Å². The van der Waals surface area contributed by atoms with E-state index in [1.54, 1.807) is 6.07 Å². The second-order valence-electron chi connectivity index (χ2n) is 8.28. The number of benzene rings is 1. The van der Waals surface area contributed by atoms with Gasteiger partial charge in [0, 0.05) is 31.9 Å². The van der Waals surface area contributed by atoms with Crippen LogP contribution in [-0.4, -0.2) is 129 Å². The Labute approximate surface area is 231 Å². The number of hydrogen-bond donors (Lipinski definition) is 3. The molecule has 0 radical (unpaired) electrons. The largest absolute Gasteiger partial charge is 0.394 e. The molecular weight excluding hydrogens is 512 g/mol. The van der Waals surface area contributed by atoms with Crippen LogP contribution < -0.4 is 10.6 Å². The molecule has 0 aliphatic rings. The third-order valence-corrected chi connectivity index (χ3v) is 4.91. The zero-order valence-electron chi connectivity index (χ0n) is 23.2. The van der Waals surface area contributed by atoms with Gasteiger partial charge in [0.25, 0.3) is 5.91 Å². The topological polar surface area (TPSA) is 143 Å². The Morgan fingerprint density at radius 1 is 0.667 bits per heavy atom. The summed E-state index contributed by atoms with van der Waals surface area (Å²) in [5, 5.41) is 14.1. The number of aliphatic hydroxyl groups is 1. The number of nitrogens with one attached hydrogen (secondary N) is 2. The first-order valence-corrected chi connectivity index (χ1v) is 13.4. The summed E-state index contributed by atoms with van der Waals surface area (Å²) >= 11 is 0. The van der Waals surface area contributed by atoms with Crippen LogP contribution in [-0.2, 0) is 38.0 Å². The molecule has 224 valence electrons. The normalized spacial score (nSPS) is 11.0. The van der Waals surface area contributed by atoms with Gasteiger partial charge in [-0.2, -0.15) is 0 Å². The van der Waals surface area contributed by atoms with Gasteiger partial charge in [-0.05, 0) is 25.5 Å². The van der Waals surface area contributed by atoms with Crippen LogP contribution in [0, 0.1) is 6.92 Å². The minimum atomic E-state index is -0.212. The van der Waals surface area contributed by atoms with Gasteiger partial charge in [-0.3, -0.25) is 9.59 Å². The number of rotatable bonds is 27. The van der Waals surface area contributed by atoms with Gasteiger partial charge < -0.3 is 48.9 Å². The van der Waals surface area contributed by atoms with Crippen molar-refractivity contribution in [2.24, 2.45) is 0 Å². The molecule has 0 atom stereocenters. The number of aryl methyl sites for hydroxylation is 1. The Morgan fingerprint density at radius 3 is 1.77 bits per heavy atom.